The molecule has 0 aliphatic heterocycles. The van der Waals surface area contributed by atoms with Gasteiger partial charge in [-0.3, -0.25) is 4.79 Å². The molecule has 78 valence electrons. The maximum absolute atomic E-state index is 10.4. The second-order valence-electron chi connectivity index (χ2n) is 3.86. The first-order chi connectivity index (χ1) is 6.13. The molecular weight excluding hydrogens is 164 g/mol. The highest BCUT2D eigenvalue weighted by atomic mass is 16.1. The molecule has 0 bridgehead atoms. The van der Waals surface area contributed by atoms with Gasteiger partial charge < -0.3 is 11.1 Å². The third kappa shape index (κ3) is 11.4. The van der Waals surface area contributed by atoms with E-state index in [1.165, 1.54) is 12.8 Å². The van der Waals surface area contributed by atoms with Crippen molar-refractivity contribution in [1.29, 1.82) is 0 Å². The molecule has 0 aromatic heterocycles. The summed E-state index contributed by atoms with van der Waals surface area (Å²) in [5.41, 5.74) is 5.01. The third-order valence-corrected chi connectivity index (χ3v) is 1.91. The van der Waals surface area contributed by atoms with Crippen molar-refractivity contribution in [2.24, 2.45) is 11.7 Å². The van der Waals surface area contributed by atoms with E-state index in [4.69, 9.17) is 5.73 Å². The lowest BCUT2D eigenvalue weighted by molar-refractivity contribution is -0.118. The number of nitrogens with two attached hydrogens (primary N) is 1. The van der Waals surface area contributed by atoms with E-state index in [-0.39, 0.29) is 5.91 Å². The molecule has 0 fully saturated rings. The number of amides is 1. The molecular formula is C10H22N2O. The minimum Gasteiger partial charge on any atom is -0.370 e. The Morgan fingerprint density at radius 3 is 2.46 bits per heavy atom. The van der Waals surface area contributed by atoms with E-state index in [1.54, 1.807) is 0 Å². The fourth-order valence-electron chi connectivity index (χ4n) is 1.15. The molecule has 1 amide bonds. The lowest BCUT2D eigenvalue weighted by Crippen LogP contribution is -2.19. The van der Waals surface area contributed by atoms with Gasteiger partial charge in [0, 0.05) is 6.42 Å². The molecule has 0 saturated carbocycles. The second kappa shape index (κ2) is 8.05. The zero-order valence-electron chi connectivity index (χ0n) is 8.81. The standard InChI is InChI=1S/C10H22N2O/c1-9(2)5-3-7-12-8-4-6-10(11)13/h9,12H,3-8H2,1-2H3,(H2,11,13). The summed E-state index contributed by atoms with van der Waals surface area (Å²) in [4.78, 5) is 10.4. The van der Waals surface area contributed by atoms with E-state index in [0.29, 0.717) is 6.42 Å². The van der Waals surface area contributed by atoms with Crippen LogP contribution in [-0.4, -0.2) is 19.0 Å². The summed E-state index contributed by atoms with van der Waals surface area (Å²) in [5, 5.41) is 3.29. The zero-order chi connectivity index (χ0) is 10.1. The van der Waals surface area contributed by atoms with Crippen molar-refractivity contribution in [1.82, 2.24) is 5.32 Å². The highest BCUT2D eigenvalue weighted by molar-refractivity contribution is 5.73. The lowest BCUT2D eigenvalue weighted by Gasteiger charge is -2.05. The molecule has 13 heavy (non-hydrogen) atoms. The van der Waals surface area contributed by atoms with Gasteiger partial charge in [-0.05, 0) is 38.3 Å². The molecule has 0 aliphatic carbocycles. The summed E-state index contributed by atoms with van der Waals surface area (Å²) >= 11 is 0. The molecule has 0 radical (unpaired) electrons. The van der Waals surface area contributed by atoms with Crippen LogP contribution in [0.15, 0.2) is 0 Å². The van der Waals surface area contributed by atoms with E-state index in [0.717, 1.165) is 25.4 Å². The predicted molar refractivity (Wildman–Crippen MR) is 55.4 cm³/mol. The molecule has 0 atom stereocenters. The number of rotatable bonds is 8. The maximum Gasteiger partial charge on any atom is 0.217 e. The summed E-state index contributed by atoms with van der Waals surface area (Å²) in [6.45, 7) is 6.41. The van der Waals surface area contributed by atoms with Crippen molar-refractivity contribution in [3.05, 3.63) is 0 Å². The highest BCUT2D eigenvalue weighted by Crippen LogP contribution is 2.01. The van der Waals surface area contributed by atoms with E-state index in [2.05, 4.69) is 19.2 Å². The van der Waals surface area contributed by atoms with Gasteiger partial charge in [0.25, 0.3) is 0 Å². The van der Waals surface area contributed by atoms with Gasteiger partial charge in [-0.2, -0.15) is 0 Å². The Balaban J connectivity index is 2.96. The van der Waals surface area contributed by atoms with Crippen LogP contribution in [0.25, 0.3) is 0 Å². The normalized spacial score (nSPS) is 10.7. The largest absolute Gasteiger partial charge is 0.370 e. The first-order valence-corrected chi connectivity index (χ1v) is 5.12. The zero-order valence-corrected chi connectivity index (χ0v) is 8.81. The minimum atomic E-state index is -0.205. The molecule has 3 N–H and O–H groups in total. The smallest absolute Gasteiger partial charge is 0.217 e. The fraction of sp³-hybridized carbons (Fsp3) is 0.900. The van der Waals surface area contributed by atoms with Gasteiger partial charge in [0.05, 0.1) is 0 Å². The van der Waals surface area contributed by atoms with E-state index >= 15 is 0 Å². The van der Waals surface area contributed by atoms with Gasteiger partial charge in [0.1, 0.15) is 0 Å². The van der Waals surface area contributed by atoms with Gasteiger partial charge in [0.2, 0.25) is 5.91 Å². The lowest BCUT2D eigenvalue weighted by atomic mass is 10.1. The number of primary amides is 1. The number of hydrogen-bond acceptors (Lipinski definition) is 2. The fourth-order valence-corrected chi connectivity index (χ4v) is 1.15. The molecule has 0 aromatic rings. The van der Waals surface area contributed by atoms with Crippen LogP contribution in [0.3, 0.4) is 0 Å². The van der Waals surface area contributed by atoms with Crippen molar-refractivity contribution in [2.45, 2.75) is 39.5 Å². The summed E-state index contributed by atoms with van der Waals surface area (Å²) in [5.74, 6) is 0.580. The monoisotopic (exact) mass is 186 g/mol. The van der Waals surface area contributed by atoms with Crippen molar-refractivity contribution >= 4 is 5.91 Å². The number of carbonyl (C=O) groups excluding carboxylic acids is 1. The van der Waals surface area contributed by atoms with Crippen molar-refractivity contribution < 1.29 is 4.79 Å². The van der Waals surface area contributed by atoms with Crippen LogP contribution in [0.1, 0.15) is 39.5 Å². The Kier molecular flexibility index (Phi) is 7.69. The topological polar surface area (TPSA) is 55.1 Å². The van der Waals surface area contributed by atoms with E-state index in [1.807, 2.05) is 0 Å². The minimum absolute atomic E-state index is 0.205. The molecule has 0 spiro atoms. The maximum atomic E-state index is 10.4. The van der Waals surface area contributed by atoms with Crippen molar-refractivity contribution in [3.63, 3.8) is 0 Å². The van der Waals surface area contributed by atoms with Crippen LogP contribution in [0.5, 0.6) is 0 Å². The van der Waals surface area contributed by atoms with Crippen LogP contribution >= 0.6 is 0 Å². The third-order valence-electron chi connectivity index (χ3n) is 1.91. The van der Waals surface area contributed by atoms with Crippen LogP contribution in [0, 0.1) is 5.92 Å². The van der Waals surface area contributed by atoms with Crippen LogP contribution in [-0.2, 0) is 4.79 Å². The summed E-state index contributed by atoms with van der Waals surface area (Å²) in [6.07, 6.45) is 3.84. The molecule has 0 rings (SSSR count). The number of nitrogens with one attached hydrogen (secondary N) is 1. The average molecular weight is 186 g/mol. The van der Waals surface area contributed by atoms with Crippen molar-refractivity contribution in [3.8, 4) is 0 Å². The van der Waals surface area contributed by atoms with Crippen LogP contribution in [0.2, 0.25) is 0 Å². The average Bonchev–Trinajstić information content (AvgIpc) is 2.01. The van der Waals surface area contributed by atoms with Gasteiger partial charge in [-0.1, -0.05) is 13.8 Å². The number of hydrogen-bond donors (Lipinski definition) is 2. The molecule has 0 aromatic carbocycles. The Hall–Kier alpha value is -0.570. The SMILES string of the molecule is CC(C)CCCNCCCC(N)=O. The molecule has 0 saturated heterocycles. The van der Waals surface area contributed by atoms with E-state index < -0.39 is 0 Å². The highest BCUT2D eigenvalue weighted by Gasteiger charge is 1.95. The van der Waals surface area contributed by atoms with Crippen LogP contribution in [0.4, 0.5) is 0 Å². The van der Waals surface area contributed by atoms with Crippen LogP contribution < -0.4 is 11.1 Å². The molecule has 0 unspecified atom stereocenters. The Morgan fingerprint density at radius 2 is 1.92 bits per heavy atom. The molecule has 0 aliphatic rings. The second-order valence-corrected chi connectivity index (χ2v) is 3.86. The summed E-state index contributed by atoms with van der Waals surface area (Å²) in [6, 6.07) is 0. The van der Waals surface area contributed by atoms with Gasteiger partial charge in [-0.25, -0.2) is 0 Å². The van der Waals surface area contributed by atoms with Crippen molar-refractivity contribution in [2.75, 3.05) is 13.1 Å². The molecule has 0 heterocycles. The Labute approximate surface area is 81.1 Å². The first kappa shape index (κ1) is 12.4. The Morgan fingerprint density at radius 1 is 1.31 bits per heavy atom. The van der Waals surface area contributed by atoms with E-state index in [9.17, 15) is 4.79 Å². The predicted octanol–water partition coefficient (Wildman–Crippen LogP) is 1.28. The molecule has 3 nitrogen and oxygen atoms in total. The summed E-state index contributed by atoms with van der Waals surface area (Å²) < 4.78 is 0. The Bertz CT molecular complexity index is 135. The quantitative estimate of drug-likeness (QED) is 0.561. The van der Waals surface area contributed by atoms with Gasteiger partial charge in [-0.15, -0.1) is 0 Å². The molecule has 3 heteroatoms. The van der Waals surface area contributed by atoms with Gasteiger partial charge in [0.15, 0.2) is 0 Å². The van der Waals surface area contributed by atoms with Gasteiger partial charge >= 0.3 is 0 Å². The summed E-state index contributed by atoms with van der Waals surface area (Å²) in [7, 11) is 0. The first-order valence-electron chi connectivity index (χ1n) is 5.12. The number of carbonyl (C=O) groups is 1.